The monoisotopic (exact) mass is 448 g/mol. The lowest BCUT2D eigenvalue weighted by Crippen LogP contribution is -2.38. The van der Waals surface area contributed by atoms with Crippen LogP contribution < -0.4 is 20.1 Å². The SMILES string of the molecule is CCN(CC(=O)Nc1ccc2c(c1)OCCO2)CC(=O)Nc1ccc(Br)cn1. The van der Waals surface area contributed by atoms with Gasteiger partial charge in [0.05, 0.1) is 13.1 Å². The van der Waals surface area contributed by atoms with Gasteiger partial charge in [0.1, 0.15) is 19.0 Å². The average molecular weight is 449 g/mol. The molecule has 0 saturated heterocycles. The van der Waals surface area contributed by atoms with Gasteiger partial charge >= 0.3 is 0 Å². The van der Waals surface area contributed by atoms with Crippen molar-refractivity contribution in [2.75, 3.05) is 43.5 Å². The van der Waals surface area contributed by atoms with E-state index in [-0.39, 0.29) is 24.9 Å². The molecular weight excluding hydrogens is 428 g/mol. The van der Waals surface area contributed by atoms with Gasteiger partial charge in [0.15, 0.2) is 11.5 Å². The van der Waals surface area contributed by atoms with Crippen LogP contribution in [0.3, 0.4) is 0 Å². The first-order valence-corrected chi connectivity index (χ1v) is 9.66. The highest BCUT2D eigenvalue weighted by Crippen LogP contribution is 2.32. The lowest BCUT2D eigenvalue weighted by Gasteiger charge is -2.21. The number of hydrogen-bond donors (Lipinski definition) is 2. The van der Waals surface area contributed by atoms with E-state index in [1.54, 1.807) is 41.4 Å². The van der Waals surface area contributed by atoms with E-state index in [2.05, 4.69) is 31.5 Å². The molecule has 1 aromatic heterocycles. The maximum Gasteiger partial charge on any atom is 0.239 e. The number of benzene rings is 1. The van der Waals surface area contributed by atoms with Crippen molar-refractivity contribution in [2.45, 2.75) is 6.92 Å². The van der Waals surface area contributed by atoms with E-state index in [9.17, 15) is 9.59 Å². The fourth-order valence-electron chi connectivity index (χ4n) is 2.64. The van der Waals surface area contributed by atoms with Crippen molar-refractivity contribution in [3.63, 3.8) is 0 Å². The summed E-state index contributed by atoms with van der Waals surface area (Å²) >= 11 is 3.29. The van der Waals surface area contributed by atoms with Crippen LogP contribution in [0.5, 0.6) is 11.5 Å². The number of rotatable bonds is 7. The average Bonchev–Trinajstić information content (AvgIpc) is 2.69. The Morgan fingerprint density at radius 1 is 1.07 bits per heavy atom. The standard InChI is InChI=1S/C19H21BrN4O4/c1-2-24(12-19(26)23-17-6-3-13(20)10-21-17)11-18(25)22-14-4-5-15-16(9-14)28-8-7-27-15/h3-6,9-10H,2,7-8,11-12H2,1H3,(H,22,25)(H,21,23,26). The summed E-state index contributed by atoms with van der Waals surface area (Å²) in [6, 6.07) is 8.75. The first kappa shape index (κ1) is 20.1. The Bertz CT molecular complexity index is 844. The molecule has 148 valence electrons. The van der Waals surface area contributed by atoms with Crippen LogP contribution in [0.1, 0.15) is 6.92 Å². The smallest absolute Gasteiger partial charge is 0.239 e. The Labute approximate surface area is 171 Å². The maximum atomic E-state index is 12.4. The fourth-order valence-corrected chi connectivity index (χ4v) is 2.87. The predicted octanol–water partition coefficient (Wildman–Crippen LogP) is 2.51. The second-order valence-electron chi connectivity index (χ2n) is 6.12. The van der Waals surface area contributed by atoms with Gasteiger partial charge in [0, 0.05) is 22.4 Å². The van der Waals surface area contributed by atoms with Crippen molar-refractivity contribution in [1.82, 2.24) is 9.88 Å². The van der Waals surface area contributed by atoms with E-state index < -0.39 is 0 Å². The van der Waals surface area contributed by atoms with E-state index in [4.69, 9.17) is 9.47 Å². The summed E-state index contributed by atoms with van der Waals surface area (Å²) < 4.78 is 11.8. The number of fused-ring (bicyclic) bond motifs is 1. The molecule has 2 aromatic rings. The van der Waals surface area contributed by atoms with Gasteiger partial charge in [-0.15, -0.1) is 0 Å². The predicted molar refractivity (Wildman–Crippen MR) is 109 cm³/mol. The molecule has 9 heteroatoms. The summed E-state index contributed by atoms with van der Waals surface area (Å²) in [5.74, 6) is 1.29. The third-order valence-electron chi connectivity index (χ3n) is 4.00. The number of ether oxygens (including phenoxy) is 2. The molecule has 2 amide bonds. The minimum absolute atomic E-state index is 0.0861. The Kier molecular flexibility index (Phi) is 6.83. The van der Waals surface area contributed by atoms with E-state index in [1.165, 1.54) is 0 Å². The zero-order valence-corrected chi connectivity index (χ0v) is 17.0. The first-order chi connectivity index (χ1) is 13.5. The molecule has 0 spiro atoms. The highest BCUT2D eigenvalue weighted by atomic mass is 79.9. The minimum Gasteiger partial charge on any atom is -0.486 e. The van der Waals surface area contributed by atoms with Gasteiger partial charge in [-0.2, -0.15) is 0 Å². The quantitative estimate of drug-likeness (QED) is 0.675. The molecule has 2 heterocycles. The number of nitrogens with one attached hydrogen (secondary N) is 2. The highest BCUT2D eigenvalue weighted by molar-refractivity contribution is 9.10. The number of pyridine rings is 1. The molecule has 0 aliphatic carbocycles. The van der Waals surface area contributed by atoms with Gasteiger partial charge in [0.25, 0.3) is 0 Å². The van der Waals surface area contributed by atoms with Gasteiger partial charge in [-0.1, -0.05) is 6.92 Å². The number of amides is 2. The van der Waals surface area contributed by atoms with Crippen molar-refractivity contribution in [3.8, 4) is 11.5 Å². The molecule has 0 unspecified atom stereocenters. The maximum absolute atomic E-state index is 12.4. The fraction of sp³-hybridized carbons (Fsp3) is 0.316. The van der Waals surface area contributed by atoms with Gasteiger partial charge in [-0.25, -0.2) is 4.98 Å². The van der Waals surface area contributed by atoms with Crippen molar-refractivity contribution < 1.29 is 19.1 Å². The van der Waals surface area contributed by atoms with Crippen LogP contribution in [0.15, 0.2) is 41.0 Å². The molecule has 2 N–H and O–H groups in total. The lowest BCUT2D eigenvalue weighted by atomic mass is 10.2. The Balaban J connectivity index is 1.51. The molecule has 28 heavy (non-hydrogen) atoms. The molecule has 0 radical (unpaired) electrons. The normalized spacial score (nSPS) is 12.5. The second-order valence-corrected chi connectivity index (χ2v) is 7.04. The molecule has 1 aliphatic heterocycles. The third-order valence-corrected chi connectivity index (χ3v) is 4.47. The molecule has 8 nitrogen and oxygen atoms in total. The van der Waals surface area contributed by atoms with Crippen LogP contribution in [0.25, 0.3) is 0 Å². The van der Waals surface area contributed by atoms with Crippen molar-refractivity contribution in [3.05, 3.63) is 41.0 Å². The van der Waals surface area contributed by atoms with Crippen LogP contribution in [0, 0.1) is 0 Å². The molecule has 1 aromatic carbocycles. The van der Waals surface area contributed by atoms with Crippen molar-refractivity contribution >= 4 is 39.2 Å². The Morgan fingerprint density at radius 3 is 2.46 bits per heavy atom. The molecule has 0 bridgehead atoms. The van der Waals surface area contributed by atoms with Crippen LogP contribution in [0.4, 0.5) is 11.5 Å². The number of aromatic nitrogens is 1. The van der Waals surface area contributed by atoms with Gasteiger partial charge in [-0.05, 0) is 46.7 Å². The molecule has 0 atom stereocenters. The number of likely N-dealkylation sites (N-methyl/N-ethyl adjacent to an activating group) is 1. The van der Waals surface area contributed by atoms with Crippen molar-refractivity contribution in [2.24, 2.45) is 0 Å². The number of halogens is 1. The Morgan fingerprint density at radius 2 is 1.79 bits per heavy atom. The van der Waals surface area contributed by atoms with Crippen LogP contribution in [0.2, 0.25) is 0 Å². The van der Waals surface area contributed by atoms with E-state index in [0.29, 0.717) is 42.8 Å². The third kappa shape index (κ3) is 5.67. The molecule has 3 rings (SSSR count). The van der Waals surface area contributed by atoms with Gasteiger partial charge in [-0.3, -0.25) is 14.5 Å². The largest absolute Gasteiger partial charge is 0.486 e. The number of hydrogen-bond acceptors (Lipinski definition) is 6. The summed E-state index contributed by atoms with van der Waals surface area (Å²) in [5.41, 5.74) is 0.619. The zero-order valence-electron chi connectivity index (χ0n) is 15.4. The van der Waals surface area contributed by atoms with Crippen LogP contribution >= 0.6 is 15.9 Å². The lowest BCUT2D eigenvalue weighted by molar-refractivity contribution is -0.119. The minimum atomic E-state index is -0.233. The van der Waals surface area contributed by atoms with E-state index in [1.807, 2.05) is 6.92 Å². The van der Waals surface area contributed by atoms with E-state index >= 15 is 0 Å². The van der Waals surface area contributed by atoms with E-state index in [0.717, 1.165) is 4.47 Å². The first-order valence-electron chi connectivity index (χ1n) is 8.86. The highest BCUT2D eigenvalue weighted by Gasteiger charge is 2.16. The molecule has 1 aliphatic rings. The molecule has 0 saturated carbocycles. The summed E-state index contributed by atoms with van der Waals surface area (Å²) in [6.45, 7) is 3.62. The Hall–Kier alpha value is -2.65. The second kappa shape index (κ2) is 9.52. The number of nitrogens with zero attached hydrogens (tertiary/aromatic N) is 2. The van der Waals surface area contributed by atoms with Crippen LogP contribution in [-0.2, 0) is 9.59 Å². The summed E-state index contributed by atoms with van der Waals surface area (Å²) in [4.78, 5) is 30.4. The molecule has 0 fully saturated rings. The summed E-state index contributed by atoms with van der Waals surface area (Å²) in [5, 5.41) is 5.54. The molecular formula is C19H21BrN4O4. The zero-order chi connectivity index (χ0) is 19.9. The topological polar surface area (TPSA) is 92.8 Å². The summed E-state index contributed by atoms with van der Waals surface area (Å²) in [7, 11) is 0. The van der Waals surface area contributed by atoms with Crippen molar-refractivity contribution in [1.29, 1.82) is 0 Å². The number of carbonyl (C=O) groups excluding carboxylic acids is 2. The van der Waals surface area contributed by atoms with Gasteiger partial charge < -0.3 is 20.1 Å². The number of carbonyl (C=O) groups is 2. The summed E-state index contributed by atoms with van der Waals surface area (Å²) in [6.07, 6.45) is 1.61. The van der Waals surface area contributed by atoms with Crippen LogP contribution in [-0.4, -0.2) is 54.5 Å². The van der Waals surface area contributed by atoms with Gasteiger partial charge in [0.2, 0.25) is 11.8 Å². The number of anilines is 2.